The number of halogens is 2. The number of rotatable bonds is 5. The third-order valence-corrected chi connectivity index (χ3v) is 4.62. The van der Waals surface area contributed by atoms with Crippen molar-refractivity contribution >= 4 is 34.8 Å². The van der Waals surface area contributed by atoms with Gasteiger partial charge in [-0.2, -0.15) is 0 Å². The summed E-state index contributed by atoms with van der Waals surface area (Å²) in [5.41, 5.74) is 3.31. The molecule has 0 fully saturated rings. The number of amides is 1. The second kappa shape index (κ2) is 8.19. The summed E-state index contributed by atoms with van der Waals surface area (Å²) in [5.74, 6) is -0.210. The van der Waals surface area contributed by atoms with Crippen LogP contribution in [-0.2, 0) is 12.8 Å². The maximum Gasteiger partial charge on any atom is 0.256 e. The standard InChI is InChI=1S/C21H17Cl2NO/c22-18-11-6-12-19(23)20(18)24-21(25)17-10-5-4-9-16(17)14-13-15-7-2-1-3-8-15/h1-12H,13-14H2,(H,24,25). The molecule has 4 heteroatoms. The van der Waals surface area contributed by atoms with Gasteiger partial charge >= 0.3 is 0 Å². The molecule has 0 radical (unpaired) electrons. The van der Waals surface area contributed by atoms with Crippen molar-refractivity contribution in [2.45, 2.75) is 12.8 Å². The summed E-state index contributed by atoms with van der Waals surface area (Å²) in [6, 6.07) is 23.0. The summed E-state index contributed by atoms with van der Waals surface area (Å²) < 4.78 is 0. The summed E-state index contributed by atoms with van der Waals surface area (Å²) in [6.45, 7) is 0. The summed E-state index contributed by atoms with van der Waals surface area (Å²) in [7, 11) is 0. The van der Waals surface area contributed by atoms with Gasteiger partial charge in [0.05, 0.1) is 15.7 Å². The van der Waals surface area contributed by atoms with Crippen LogP contribution in [0.25, 0.3) is 0 Å². The molecule has 3 aromatic rings. The fourth-order valence-electron chi connectivity index (χ4n) is 2.68. The lowest BCUT2D eigenvalue weighted by atomic mass is 9.99. The Labute approximate surface area is 157 Å². The zero-order valence-corrected chi connectivity index (χ0v) is 15.0. The number of benzene rings is 3. The summed E-state index contributed by atoms with van der Waals surface area (Å²) in [5, 5.41) is 3.67. The van der Waals surface area contributed by atoms with Gasteiger partial charge in [-0.05, 0) is 42.2 Å². The number of anilines is 1. The van der Waals surface area contributed by atoms with Crippen molar-refractivity contribution in [2.24, 2.45) is 0 Å². The van der Waals surface area contributed by atoms with Gasteiger partial charge in [0.2, 0.25) is 0 Å². The molecule has 0 aromatic heterocycles. The van der Waals surface area contributed by atoms with E-state index >= 15 is 0 Å². The third-order valence-electron chi connectivity index (χ3n) is 3.99. The molecular weight excluding hydrogens is 353 g/mol. The van der Waals surface area contributed by atoms with Gasteiger partial charge in [0.1, 0.15) is 0 Å². The topological polar surface area (TPSA) is 29.1 Å². The maximum absolute atomic E-state index is 12.7. The first-order valence-electron chi connectivity index (χ1n) is 8.02. The average Bonchev–Trinajstić information content (AvgIpc) is 2.64. The molecule has 0 aliphatic carbocycles. The number of carbonyl (C=O) groups excluding carboxylic acids is 1. The minimum absolute atomic E-state index is 0.210. The molecule has 0 aliphatic heterocycles. The van der Waals surface area contributed by atoms with Crippen LogP contribution in [0.4, 0.5) is 5.69 Å². The van der Waals surface area contributed by atoms with Crippen LogP contribution in [0.15, 0.2) is 72.8 Å². The minimum atomic E-state index is -0.210. The van der Waals surface area contributed by atoms with Crippen molar-refractivity contribution < 1.29 is 4.79 Å². The SMILES string of the molecule is O=C(Nc1c(Cl)cccc1Cl)c1ccccc1CCc1ccccc1. The Bertz CT molecular complexity index is 858. The van der Waals surface area contributed by atoms with Crippen LogP contribution in [0.3, 0.4) is 0 Å². The number of para-hydroxylation sites is 1. The molecule has 0 unspecified atom stereocenters. The molecule has 25 heavy (non-hydrogen) atoms. The second-order valence-corrected chi connectivity index (χ2v) is 6.51. The molecular formula is C21H17Cl2NO. The molecule has 1 amide bonds. The molecule has 0 saturated carbocycles. The Hall–Kier alpha value is -2.29. The largest absolute Gasteiger partial charge is 0.319 e. The van der Waals surface area contributed by atoms with Crippen LogP contribution >= 0.6 is 23.2 Å². The van der Waals surface area contributed by atoms with E-state index in [9.17, 15) is 4.79 Å². The highest BCUT2D eigenvalue weighted by Crippen LogP contribution is 2.30. The zero-order valence-electron chi connectivity index (χ0n) is 13.5. The highest BCUT2D eigenvalue weighted by atomic mass is 35.5. The van der Waals surface area contributed by atoms with Crippen LogP contribution < -0.4 is 5.32 Å². The van der Waals surface area contributed by atoms with E-state index < -0.39 is 0 Å². The Morgan fingerprint density at radius 1 is 0.760 bits per heavy atom. The zero-order chi connectivity index (χ0) is 17.6. The van der Waals surface area contributed by atoms with Gasteiger partial charge in [-0.25, -0.2) is 0 Å². The van der Waals surface area contributed by atoms with Crippen molar-refractivity contribution in [3.63, 3.8) is 0 Å². The van der Waals surface area contributed by atoms with Gasteiger partial charge in [-0.15, -0.1) is 0 Å². The van der Waals surface area contributed by atoms with Crippen LogP contribution in [-0.4, -0.2) is 5.91 Å². The van der Waals surface area contributed by atoms with Crippen molar-refractivity contribution in [3.05, 3.63) is 99.5 Å². The third kappa shape index (κ3) is 4.41. The lowest BCUT2D eigenvalue weighted by molar-refractivity contribution is 0.102. The molecule has 1 N–H and O–H groups in total. The lowest BCUT2D eigenvalue weighted by Gasteiger charge is -2.12. The van der Waals surface area contributed by atoms with Gasteiger partial charge in [0.25, 0.3) is 5.91 Å². The monoisotopic (exact) mass is 369 g/mol. The molecule has 0 bridgehead atoms. The first-order valence-corrected chi connectivity index (χ1v) is 8.78. The van der Waals surface area contributed by atoms with Gasteiger partial charge in [-0.3, -0.25) is 4.79 Å². The van der Waals surface area contributed by atoms with E-state index in [0.717, 1.165) is 18.4 Å². The normalized spacial score (nSPS) is 10.5. The minimum Gasteiger partial charge on any atom is -0.319 e. The van der Waals surface area contributed by atoms with Crippen molar-refractivity contribution in [1.29, 1.82) is 0 Å². The maximum atomic E-state index is 12.7. The molecule has 0 aliphatic rings. The van der Waals surface area contributed by atoms with Crippen LogP contribution in [0.5, 0.6) is 0 Å². The van der Waals surface area contributed by atoms with E-state index in [4.69, 9.17) is 23.2 Å². The van der Waals surface area contributed by atoms with E-state index in [1.54, 1.807) is 18.2 Å². The molecule has 126 valence electrons. The summed E-state index contributed by atoms with van der Waals surface area (Å²) >= 11 is 12.3. The number of hydrogen-bond donors (Lipinski definition) is 1. The van der Waals surface area contributed by atoms with Crippen LogP contribution in [0, 0.1) is 0 Å². The van der Waals surface area contributed by atoms with E-state index in [-0.39, 0.29) is 5.91 Å². The first-order chi connectivity index (χ1) is 12.1. The van der Waals surface area contributed by atoms with Crippen LogP contribution in [0.1, 0.15) is 21.5 Å². The predicted octanol–water partition coefficient (Wildman–Crippen LogP) is 6.03. The average molecular weight is 370 g/mol. The van der Waals surface area contributed by atoms with Gasteiger partial charge in [-0.1, -0.05) is 77.8 Å². The van der Waals surface area contributed by atoms with Crippen molar-refractivity contribution in [2.75, 3.05) is 5.32 Å². The molecule has 3 rings (SSSR count). The molecule has 0 saturated heterocycles. The Kier molecular flexibility index (Phi) is 5.75. The fraction of sp³-hybridized carbons (Fsp3) is 0.0952. The highest BCUT2D eigenvalue weighted by Gasteiger charge is 2.14. The number of nitrogens with one attached hydrogen (secondary N) is 1. The fourth-order valence-corrected chi connectivity index (χ4v) is 3.17. The Morgan fingerprint density at radius 2 is 1.40 bits per heavy atom. The second-order valence-electron chi connectivity index (χ2n) is 5.69. The Morgan fingerprint density at radius 3 is 2.12 bits per heavy atom. The molecule has 0 spiro atoms. The smallest absolute Gasteiger partial charge is 0.256 e. The number of aryl methyl sites for hydroxylation is 2. The highest BCUT2D eigenvalue weighted by molar-refractivity contribution is 6.40. The van der Waals surface area contributed by atoms with E-state index in [2.05, 4.69) is 17.4 Å². The molecule has 3 aromatic carbocycles. The number of carbonyl (C=O) groups is 1. The van der Waals surface area contributed by atoms with E-state index in [1.165, 1.54) is 5.56 Å². The first kappa shape index (κ1) is 17.5. The van der Waals surface area contributed by atoms with Crippen LogP contribution in [0.2, 0.25) is 10.0 Å². The number of hydrogen-bond acceptors (Lipinski definition) is 1. The summed E-state index contributed by atoms with van der Waals surface area (Å²) in [6.07, 6.45) is 1.65. The van der Waals surface area contributed by atoms with E-state index in [0.29, 0.717) is 21.3 Å². The molecule has 0 atom stereocenters. The van der Waals surface area contributed by atoms with Gasteiger partial charge in [0, 0.05) is 5.56 Å². The predicted molar refractivity (Wildman–Crippen MR) is 105 cm³/mol. The summed E-state index contributed by atoms with van der Waals surface area (Å²) in [4.78, 5) is 12.7. The van der Waals surface area contributed by atoms with Gasteiger partial charge < -0.3 is 5.32 Å². The molecule has 0 heterocycles. The van der Waals surface area contributed by atoms with Gasteiger partial charge in [0.15, 0.2) is 0 Å². The molecule has 2 nitrogen and oxygen atoms in total. The van der Waals surface area contributed by atoms with E-state index in [1.807, 2.05) is 42.5 Å². The quantitative estimate of drug-likeness (QED) is 0.584. The van der Waals surface area contributed by atoms with Crippen molar-refractivity contribution in [1.82, 2.24) is 0 Å². The van der Waals surface area contributed by atoms with Crippen molar-refractivity contribution in [3.8, 4) is 0 Å². The Balaban J connectivity index is 1.79. The lowest BCUT2D eigenvalue weighted by Crippen LogP contribution is -2.15.